The van der Waals surface area contributed by atoms with Crippen LogP contribution in [0.3, 0.4) is 0 Å². The molecule has 28 heavy (non-hydrogen) atoms. The van der Waals surface area contributed by atoms with Crippen LogP contribution < -0.4 is 15.5 Å². The van der Waals surface area contributed by atoms with Crippen LogP contribution in [0.1, 0.15) is 47.7 Å². The maximum Gasteiger partial charge on any atom is 0.309 e. The minimum absolute atomic E-state index is 0.163. The molecule has 6 heteroatoms. The van der Waals surface area contributed by atoms with E-state index >= 15 is 0 Å². The van der Waals surface area contributed by atoms with Crippen LogP contribution in [0.25, 0.3) is 0 Å². The van der Waals surface area contributed by atoms with E-state index in [4.69, 9.17) is 0 Å². The summed E-state index contributed by atoms with van der Waals surface area (Å²) in [5.41, 5.74) is 2.81. The van der Waals surface area contributed by atoms with E-state index in [-0.39, 0.29) is 12.1 Å². The zero-order valence-electron chi connectivity index (χ0n) is 16.1. The van der Waals surface area contributed by atoms with Gasteiger partial charge in [0.2, 0.25) is 0 Å². The first-order chi connectivity index (χ1) is 13.7. The fourth-order valence-corrected chi connectivity index (χ4v) is 5.32. The van der Waals surface area contributed by atoms with Gasteiger partial charge in [0.15, 0.2) is 0 Å². The molecule has 1 saturated carbocycles. The normalized spacial score (nSPS) is 20.4. The molecule has 1 aromatic carbocycles. The molecule has 2 aliphatic rings. The van der Waals surface area contributed by atoms with E-state index in [0.29, 0.717) is 6.54 Å². The van der Waals surface area contributed by atoms with Crippen molar-refractivity contribution in [2.75, 3.05) is 13.1 Å². The number of rotatable bonds is 5. The van der Waals surface area contributed by atoms with Crippen molar-refractivity contribution >= 4 is 23.2 Å². The number of benzene rings is 1. The van der Waals surface area contributed by atoms with Gasteiger partial charge in [-0.2, -0.15) is 0 Å². The molecule has 0 bridgehead atoms. The second-order valence-electron chi connectivity index (χ2n) is 7.84. The number of fused-ring (bicyclic) bond motifs is 1. The third-order valence-corrected chi connectivity index (χ3v) is 6.98. The monoisotopic (exact) mass is 398 g/mol. The number of carbonyl (C=O) groups excluding carboxylic acids is 2. The molecule has 2 amide bonds. The Bertz CT molecular complexity index is 815. The second-order valence-corrected chi connectivity index (χ2v) is 8.82. The highest BCUT2D eigenvalue weighted by atomic mass is 32.1. The molecule has 0 saturated heterocycles. The number of thiophene rings is 1. The Morgan fingerprint density at radius 3 is 2.61 bits per heavy atom. The lowest BCUT2D eigenvalue weighted by Crippen LogP contribution is -3.12. The molecule has 1 unspecified atom stereocenters. The van der Waals surface area contributed by atoms with Crippen LogP contribution in [0, 0.1) is 0 Å². The van der Waals surface area contributed by atoms with E-state index in [1.54, 1.807) is 11.3 Å². The van der Waals surface area contributed by atoms with Gasteiger partial charge in [0.25, 0.3) is 0 Å². The molecule has 2 atom stereocenters. The van der Waals surface area contributed by atoms with E-state index < -0.39 is 11.8 Å². The third-order valence-electron chi connectivity index (χ3n) is 5.99. The van der Waals surface area contributed by atoms with Crippen LogP contribution in [0.2, 0.25) is 0 Å². The molecule has 2 aromatic rings. The van der Waals surface area contributed by atoms with Crippen LogP contribution in [0.15, 0.2) is 41.8 Å². The third kappa shape index (κ3) is 4.45. The van der Waals surface area contributed by atoms with Gasteiger partial charge in [-0.25, -0.2) is 0 Å². The molecule has 1 fully saturated rings. The number of nitrogens with one attached hydrogen (secondary N) is 3. The molecule has 3 N–H and O–H groups in total. The van der Waals surface area contributed by atoms with Crippen molar-refractivity contribution in [3.05, 3.63) is 57.8 Å². The Hall–Kier alpha value is -2.18. The van der Waals surface area contributed by atoms with Crippen molar-refractivity contribution < 1.29 is 14.5 Å². The molecule has 2 heterocycles. The van der Waals surface area contributed by atoms with E-state index in [1.165, 1.54) is 20.9 Å². The summed E-state index contributed by atoms with van der Waals surface area (Å²) >= 11 is 1.72. The molecular formula is C22H28N3O2S+. The summed E-state index contributed by atoms with van der Waals surface area (Å²) in [7, 11) is 0. The van der Waals surface area contributed by atoms with Gasteiger partial charge in [0.05, 0.1) is 18.0 Å². The zero-order chi connectivity index (χ0) is 19.3. The molecule has 1 aromatic heterocycles. The molecule has 4 rings (SSSR count). The second kappa shape index (κ2) is 8.88. The summed E-state index contributed by atoms with van der Waals surface area (Å²) in [6.45, 7) is 2.46. The van der Waals surface area contributed by atoms with Crippen molar-refractivity contribution in [2.24, 2.45) is 0 Å². The number of amides is 2. The Morgan fingerprint density at radius 2 is 1.86 bits per heavy atom. The van der Waals surface area contributed by atoms with Crippen LogP contribution in [0.5, 0.6) is 0 Å². The zero-order valence-corrected chi connectivity index (χ0v) is 16.9. The summed E-state index contributed by atoms with van der Waals surface area (Å²) in [5.74, 6) is -0.999. The number of hydrogen-bond acceptors (Lipinski definition) is 3. The van der Waals surface area contributed by atoms with E-state index in [9.17, 15) is 9.59 Å². The van der Waals surface area contributed by atoms with Gasteiger partial charge in [0.1, 0.15) is 12.6 Å². The van der Waals surface area contributed by atoms with Gasteiger partial charge < -0.3 is 15.5 Å². The standard InChI is InChI=1S/C22H27N3O2S/c26-21(22(27)24-18-8-3-4-9-18)23-14-19(20-10-5-13-28-20)25-12-11-16-6-1-2-7-17(16)15-25/h1-2,5-7,10,13,18-19H,3-4,8-9,11-12,14-15H2,(H,23,26)(H,24,27)/p+1/t19-/m1/s1. The fraction of sp³-hybridized carbons (Fsp3) is 0.455. The molecule has 148 valence electrons. The topological polar surface area (TPSA) is 62.6 Å². The Kier molecular flexibility index (Phi) is 6.07. The summed E-state index contributed by atoms with van der Waals surface area (Å²) in [6.07, 6.45) is 5.27. The summed E-state index contributed by atoms with van der Waals surface area (Å²) in [5, 5.41) is 7.85. The van der Waals surface area contributed by atoms with Crippen molar-refractivity contribution in [3.63, 3.8) is 0 Å². The SMILES string of the molecule is O=C(NC[C@H](c1cccs1)[NH+]1CCc2ccccc2C1)C(=O)NC1CCCC1. The number of carbonyl (C=O) groups is 2. The fourth-order valence-electron chi connectivity index (χ4n) is 4.43. The lowest BCUT2D eigenvalue weighted by atomic mass is 9.98. The molecule has 1 aliphatic heterocycles. The van der Waals surface area contributed by atoms with Gasteiger partial charge in [-0.3, -0.25) is 9.59 Å². The maximum absolute atomic E-state index is 12.4. The maximum atomic E-state index is 12.4. The highest BCUT2D eigenvalue weighted by molar-refractivity contribution is 7.10. The summed E-state index contributed by atoms with van der Waals surface area (Å²) in [4.78, 5) is 27.3. The largest absolute Gasteiger partial charge is 0.345 e. The van der Waals surface area contributed by atoms with E-state index in [1.807, 2.05) is 0 Å². The van der Waals surface area contributed by atoms with Crippen molar-refractivity contribution in [2.45, 2.75) is 50.7 Å². The lowest BCUT2D eigenvalue weighted by molar-refractivity contribution is -0.945. The minimum atomic E-state index is -0.509. The predicted octanol–water partition coefficient (Wildman–Crippen LogP) is 1.61. The average Bonchev–Trinajstić information content (AvgIpc) is 3.42. The van der Waals surface area contributed by atoms with Crippen LogP contribution in [-0.2, 0) is 22.6 Å². The van der Waals surface area contributed by atoms with Gasteiger partial charge in [-0.15, -0.1) is 11.3 Å². The molecular weight excluding hydrogens is 370 g/mol. The van der Waals surface area contributed by atoms with Gasteiger partial charge >= 0.3 is 11.8 Å². The smallest absolute Gasteiger partial charge is 0.309 e. The highest BCUT2D eigenvalue weighted by Crippen LogP contribution is 2.19. The van der Waals surface area contributed by atoms with Gasteiger partial charge in [0, 0.05) is 18.0 Å². The summed E-state index contributed by atoms with van der Waals surface area (Å²) in [6, 6.07) is 13.1. The number of hydrogen-bond donors (Lipinski definition) is 3. The Morgan fingerprint density at radius 1 is 1.07 bits per heavy atom. The van der Waals surface area contributed by atoms with Crippen molar-refractivity contribution in [1.29, 1.82) is 0 Å². The Balaban J connectivity index is 1.40. The first kappa shape index (κ1) is 19.2. The van der Waals surface area contributed by atoms with E-state index in [2.05, 4.69) is 52.4 Å². The highest BCUT2D eigenvalue weighted by Gasteiger charge is 2.30. The first-order valence-corrected chi connectivity index (χ1v) is 11.1. The van der Waals surface area contributed by atoms with Crippen LogP contribution >= 0.6 is 11.3 Å². The lowest BCUT2D eigenvalue weighted by Gasteiger charge is -2.32. The average molecular weight is 399 g/mol. The Labute approximate surface area is 170 Å². The van der Waals surface area contributed by atoms with Crippen molar-refractivity contribution in [1.82, 2.24) is 10.6 Å². The molecule has 1 aliphatic carbocycles. The van der Waals surface area contributed by atoms with Crippen LogP contribution in [-0.4, -0.2) is 30.9 Å². The minimum Gasteiger partial charge on any atom is -0.345 e. The summed E-state index contributed by atoms with van der Waals surface area (Å²) < 4.78 is 0. The molecule has 5 nitrogen and oxygen atoms in total. The predicted molar refractivity (Wildman–Crippen MR) is 110 cm³/mol. The number of quaternary nitrogens is 1. The molecule has 0 radical (unpaired) electrons. The molecule has 0 spiro atoms. The van der Waals surface area contributed by atoms with Crippen LogP contribution in [0.4, 0.5) is 0 Å². The van der Waals surface area contributed by atoms with E-state index in [0.717, 1.165) is 45.2 Å². The van der Waals surface area contributed by atoms with Gasteiger partial charge in [-0.1, -0.05) is 43.2 Å². The first-order valence-electron chi connectivity index (χ1n) is 10.2. The van der Waals surface area contributed by atoms with Gasteiger partial charge in [-0.05, 0) is 29.9 Å². The quantitative estimate of drug-likeness (QED) is 0.670. The van der Waals surface area contributed by atoms with Crippen molar-refractivity contribution in [3.8, 4) is 0 Å².